The van der Waals surface area contributed by atoms with Gasteiger partial charge >= 0.3 is 0 Å². The SMILES string of the molecule is CCCNCC(C)=Cc1ccc(Cl)s1. The van der Waals surface area contributed by atoms with Crippen LogP contribution in [0.25, 0.3) is 6.08 Å². The van der Waals surface area contributed by atoms with Gasteiger partial charge in [0.1, 0.15) is 0 Å². The van der Waals surface area contributed by atoms with Crippen LogP contribution in [0.15, 0.2) is 17.7 Å². The molecule has 0 aromatic carbocycles. The molecule has 1 aromatic rings. The summed E-state index contributed by atoms with van der Waals surface area (Å²) in [6, 6.07) is 3.99. The Balaban J connectivity index is 2.43. The van der Waals surface area contributed by atoms with Crippen molar-refractivity contribution in [1.82, 2.24) is 5.32 Å². The van der Waals surface area contributed by atoms with Gasteiger partial charge < -0.3 is 5.32 Å². The zero-order valence-corrected chi connectivity index (χ0v) is 10.2. The van der Waals surface area contributed by atoms with Gasteiger partial charge in [0.2, 0.25) is 0 Å². The molecule has 0 aliphatic rings. The van der Waals surface area contributed by atoms with E-state index in [1.807, 2.05) is 6.07 Å². The third kappa shape index (κ3) is 4.27. The minimum absolute atomic E-state index is 0.852. The first-order valence-electron chi connectivity index (χ1n) is 4.85. The lowest BCUT2D eigenvalue weighted by molar-refractivity contribution is 0.715. The fourth-order valence-electron chi connectivity index (χ4n) is 1.16. The average molecular weight is 230 g/mol. The number of thiophene rings is 1. The fraction of sp³-hybridized carbons (Fsp3) is 0.455. The summed E-state index contributed by atoms with van der Waals surface area (Å²) in [5.74, 6) is 0. The van der Waals surface area contributed by atoms with Crippen LogP contribution in [0.3, 0.4) is 0 Å². The van der Waals surface area contributed by atoms with E-state index in [9.17, 15) is 0 Å². The van der Waals surface area contributed by atoms with Crippen LogP contribution in [0.2, 0.25) is 4.34 Å². The van der Waals surface area contributed by atoms with Crippen LogP contribution in [0, 0.1) is 0 Å². The summed E-state index contributed by atoms with van der Waals surface area (Å²) in [5, 5.41) is 3.37. The largest absolute Gasteiger partial charge is 0.313 e. The third-order valence-corrected chi connectivity index (χ3v) is 2.99. The molecule has 0 fully saturated rings. The lowest BCUT2D eigenvalue weighted by Gasteiger charge is -2.01. The first kappa shape index (κ1) is 11.8. The Labute approximate surface area is 94.8 Å². The van der Waals surface area contributed by atoms with Crippen molar-refractivity contribution < 1.29 is 0 Å². The molecule has 0 saturated carbocycles. The molecular formula is C11H16ClNS. The van der Waals surface area contributed by atoms with Gasteiger partial charge in [-0.3, -0.25) is 0 Å². The van der Waals surface area contributed by atoms with Gasteiger partial charge in [0, 0.05) is 11.4 Å². The number of nitrogens with one attached hydrogen (secondary N) is 1. The first-order chi connectivity index (χ1) is 6.72. The number of halogens is 1. The fourth-order valence-corrected chi connectivity index (χ4v) is 2.25. The van der Waals surface area contributed by atoms with Gasteiger partial charge in [-0.2, -0.15) is 0 Å². The molecule has 3 heteroatoms. The molecule has 78 valence electrons. The molecule has 0 unspecified atom stereocenters. The maximum atomic E-state index is 5.84. The van der Waals surface area contributed by atoms with E-state index in [-0.39, 0.29) is 0 Å². The van der Waals surface area contributed by atoms with E-state index in [0.717, 1.165) is 17.4 Å². The molecular weight excluding hydrogens is 214 g/mol. The van der Waals surface area contributed by atoms with E-state index in [4.69, 9.17) is 11.6 Å². The van der Waals surface area contributed by atoms with E-state index >= 15 is 0 Å². The van der Waals surface area contributed by atoms with Crippen molar-refractivity contribution in [2.75, 3.05) is 13.1 Å². The van der Waals surface area contributed by atoms with Crippen LogP contribution in [0.1, 0.15) is 25.1 Å². The van der Waals surface area contributed by atoms with Crippen molar-refractivity contribution in [3.63, 3.8) is 0 Å². The Bertz CT molecular complexity index is 304. The standard InChI is InChI=1S/C11H16ClNS/c1-3-6-13-8-9(2)7-10-4-5-11(12)14-10/h4-5,7,13H,3,6,8H2,1-2H3. The summed E-state index contributed by atoms with van der Waals surface area (Å²) in [5.41, 5.74) is 1.34. The second kappa shape index (κ2) is 6.23. The van der Waals surface area contributed by atoms with Crippen molar-refractivity contribution >= 4 is 29.0 Å². The summed E-state index contributed by atoms with van der Waals surface area (Å²) in [7, 11) is 0. The monoisotopic (exact) mass is 229 g/mol. The van der Waals surface area contributed by atoms with E-state index in [0.29, 0.717) is 0 Å². The van der Waals surface area contributed by atoms with Crippen LogP contribution < -0.4 is 5.32 Å². The molecule has 1 nitrogen and oxygen atoms in total. The molecule has 0 amide bonds. The molecule has 14 heavy (non-hydrogen) atoms. The highest BCUT2D eigenvalue weighted by atomic mass is 35.5. The Morgan fingerprint density at radius 3 is 2.93 bits per heavy atom. The third-order valence-electron chi connectivity index (χ3n) is 1.81. The minimum atomic E-state index is 0.852. The van der Waals surface area contributed by atoms with Crippen molar-refractivity contribution in [3.8, 4) is 0 Å². The molecule has 0 radical (unpaired) electrons. The molecule has 0 saturated heterocycles. The normalized spacial score (nSPS) is 12.1. The highest BCUT2D eigenvalue weighted by Crippen LogP contribution is 2.23. The molecule has 1 aromatic heterocycles. The summed E-state index contributed by atoms with van der Waals surface area (Å²) in [6.45, 7) is 6.35. The molecule has 0 bridgehead atoms. The number of hydrogen-bond donors (Lipinski definition) is 1. The van der Waals surface area contributed by atoms with Gasteiger partial charge in [-0.1, -0.05) is 24.1 Å². The van der Waals surface area contributed by atoms with Crippen LogP contribution in [0.4, 0.5) is 0 Å². The molecule has 0 atom stereocenters. The topological polar surface area (TPSA) is 12.0 Å². The van der Waals surface area contributed by atoms with Gasteiger partial charge in [-0.25, -0.2) is 0 Å². The molecule has 1 heterocycles. The summed E-state index contributed by atoms with van der Waals surface area (Å²) < 4.78 is 0.852. The van der Waals surface area contributed by atoms with Gasteiger partial charge in [0.05, 0.1) is 4.34 Å². The van der Waals surface area contributed by atoms with Crippen molar-refractivity contribution in [3.05, 3.63) is 26.9 Å². The van der Waals surface area contributed by atoms with Gasteiger partial charge in [-0.15, -0.1) is 11.3 Å². The van der Waals surface area contributed by atoms with E-state index in [1.54, 1.807) is 11.3 Å². The number of rotatable bonds is 5. The second-order valence-electron chi connectivity index (χ2n) is 3.31. The van der Waals surface area contributed by atoms with E-state index in [2.05, 4.69) is 31.3 Å². The molecule has 0 aliphatic carbocycles. The van der Waals surface area contributed by atoms with Crippen LogP contribution in [-0.4, -0.2) is 13.1 Å². The lowest BCUT2D eigenvalue weighted by Crippen LogP contribution is -2.16. The Morgan fingerprint density at radius 2 is 2.36 bits per heavy atom. The quantitative estimate of drug-likeness (QED) is 0.758. The van der Waals surface area contributed by atoms with Gasteiger partial charge in [-0.05, 0) is 38.1 Å². The van der Waals surface area contributed by atoms with Crippen LogP contribution in [0.5, 0.6) is 0 Å². The van der Waals surface area contributed by atoms with Gasteiger partial charge in [0.15, 0.2) is 0 Å². The Morgan fingerprint density at radius 1 is 1.57 bits per heavy atom. The van der Waals surface area contributed by atoms with Crippen molar-refractivity contribution in [2.24, 2.45) is 0 Å². The van der Waals surface area contributed by atoms with Gasteiger partial charge in [0.25, 0.3) is 0 Å². The van der Waals surface area contributed by atoms with E-state index < -0.39 is 0 Å². The zero-order valence-electron chi connectivity index (χ0n) is 8.64. The minimum Gasteiger partial charge on any atom is -0.313 e. The summed E-state index contributed by atoms with van der Waals surface area (Å²) in [6.07, 6.45) is 3.36. The molecule has 0 aliphatic heterocycles. The second-order valence-corrected chi connectivity index (χ2v) is 5.06. The number of hydrogen-bond acceptors (Lipinski definition) is 2. The van der Waals surface area contributed by atoms with Crippen LogP contribution >= 0.6 is 22.9 Å². The Hall–Kier alpha value is -0.310. The zero-order chi connectivity index (χ0) is 10.4. The molecule has 1 rings (SSSR count). The summed E-state index contributed by atoms with van der Waals surface area (Å²) in [4.78, 5) is 1.23. The van der Waals surface area contributed by atoms with Crippen LogP contribution in [-0.2, 0) is 0 Å². The predicted octanol–water partition coefficient (Wildman–Crippen LogP) is 3.80. The maximum absolute atomic E-state index is 5.84. The Kier molecular flexibility index (Phi) is 5.23. The van der Waals surface area contributed by atoms with Crippen molar-refractivity contribution in [2.45, 2.75) is 20.3 Å². The lowest BCUT2D eigenvalue weighted by atomic mass is 10.2. The average Bonchev–Trinajstić information content (AvgIpc) is 2.52. The predicted molar refractivity (Wildman–Crippen MR) is 66.1 cm³/mol. The summed E-state index contributed by atoms with van der Waals surface area (Å²) >= 11 is 7.46. The molecule has 1 N–H and O–H groups in total. The highest BCUT2D eigenvalue weighted by molar-refractivity contribution is 7.17. The van der Waals surface area contributed by atoms with E-state index in [1.165, 1.54) is 16.9 Å². The highest BCUT2D eigenvalue weighted by Gasteiger charge is 1.95. The smallest absolute Gasteiger partial charge is 0.0934 e. The van der Waals surface area contributed by atoms with Crippen molar-refractivity contribution in [1.29, 1.82) is 0 Å². The maximum Gasteiger partial charge on any atom is 0.0934 e. The molecule has 0 spiro atoms. The first-order valence-corrected chi connectivity index (χ1v) is 6.05.